The van der Waals surface area contributed by atoms with Crippen LogP contribution in [-0.2, 0) is 11.3 Å². The van der Waals surface area contributed by atoms with E-state index in [1.54, 1.807) is 17.8 Å². The van der Waals surface area contributed by atoms with Crippen molar-refractivity contribution in [3.63, 3.8) is 0 Å². The van der Waals surface area contributed by atoms with Crippen LogP contribution < -0.4 is 5.32 Å². The minimum atomic E-state index is -1.20. The molecule has 0 bridgehead atoms. The Morgan fingerprint density at radius 3 is 2.94 bits per heavy atom. The van der Waals surface area contributed by atoms with Crippen molar-refractivity contribution in [2.24, 2.45) is 0 Å². The number of hydrogen-bond acceptors (Lipinski definition) is 3. The quantitative estimate of drug-likeness (QED) is 0.882. The lowest BCUT2D eigenvalue weighted by molar-refractivity contribution is -0.137. The molecule has 1 aromatic carbocycles. The minimum absolute atomic E-state index is 0.303. The average Bonchev–Trinajstić information content (AvgIpc) is 2.76. The monoisotopic (exact) mass is 271 g/mol. The molecular formula is C12H14ClNO2S. The molecule has 1 amide bonds. The number of nitrogens with one attached hydrogen (secondary N) is 1. The number of thioether (sulfide) groups is 1. The minimum Gasteiger partial charge on any atom is -0.379 e. The van der Waals surface area contributed by atoms with Crippen LogP contribution >= 0.6 is 23.4 Å². The molecule has 0 radical (unpaired) electrons. The van der Waals surface area contributed by atoms with Crippen molar-refractivity contribution < 1.29 is 9.90 Å². The smallest absolute Gasteiger partial charge is 0.253 e. The van der Waals surface area contributed by atoms with Crippen molar-refractivity contribution in [2.45, 2.75) is 18.6 Å². The second kappa shape index (κ2) is 5.29. The third-order valence-electron chi connectivity index (χ3n) is 2.82. The van der Waals surface area contributed by atoms with Gasteiger partial charge in [-0.15, -0.1) is 0 Å². The van der Waals surface area contributed by atoms with Gasteiger partial charge in [-0.25, -0.2) is 0 Å². The van der Waals surface area contributed by atoms with Crippen molar-refractivity contribution in [3.05, 3.63) is 34.9 Å². The van der Waals surface area contributed by atoms with Crippen molar-refractivity contribution in [3.8, 4) is 0 Å². The topological polar surface area (TPSA) is 49.3 Å². The first kappa shape index (κ1) is 12.7. The van der Waals surface area contributed by atoms with Gasteiger partial charge in [0, 0.05) is 17.3 Å². The highest BCUT2D eigenvalue weighted by Gasteiger charge is 2.39. The van der Waals surface area contributed by atoms with Gasteiger partial charge in [-0.1, -0.05) is 29.8 Å². The number of rotatable bonds is 3. The molecule has 92 valence electrons. The predicted molar refractivity (Wildman–Crippen MR) is 70.2 cm³/mol. The Labute approximate surface area is 110 Å². The third kappa shape index (κ3) is 2.94. The van der Waals surface area contributed by atoms with Crippen molar-refractivity contribution in [2.75, 3.05) is 11.5 Å². The number of carbonyl (C=O) groups is 1. The second-order valence-corrected chi connectivity index (χ2v) is 5.62. The molecule has 1 fully saturated rings. The van der Waals surface area contributed by atoms with E-state index >= 15 is 0 Å². The lowest BCUT2D eigenvalue weighted by Crippen LogP contribution is -2.46. The van der Waals surface area contributed by atoms with Crippen molar-refractivity contribution in [1.29, 1.82) is 0 Å². The van der Waals surface area contributed by atoms with E-state index in [-0.39, 0.29) is 5.91 Å². The first-order valence-electron chi connectivity index (χ1n) is 5.44. The Kier molecular flexibility index (Phi) is 3.97. The molecule has 2 N–H and O–H groups in total. The fourth-order valence-electron chi connectivity index (χ4n) is 1.72. The summed E-state index contributed by atoms with van der Waals surface area (Å²) in [4.78, 5) is 11.8. The molecule has 1 aliphatic heterocycles. The first-order valence-corrected chi connectivity index (χ1v) is 6.97. The van der Waals surface area contributed by atoms with Crippen LogP contribution in [0.5, 0.6) is 0 Å². The highest BCUT2D eigenvalue weighted by molar-refractivity contribution is 7.99. The van der Waals surface area contributed by atoms with Crippen LogP contribution in [0.2, 0.25) is 5.02 Å². The molecule has 1 aromatic rings. The summed E-state index contributed by atoms with van der Waals surface area (Å²) in [5.74, 6) is 1.000. The Bertz CT molecular complexity index is 419. The molecule has 1 unspecified atom stereocenters. The maximum atomic E-state index is 11.8. The number of carbonyl (C=O) groups excluding carboxylic acids is 1. The van der Waals surface area contributed by atoms with Crippen LogP contribution in [0.15, 0.2) is 24.3 Å². The molecule has 0 aliphatic carbocycles. The van der Waals surface area contributed by atoms with E-state index in [1.165, 1.54) is 0 Å². The normalized spacial score (nSPS) is 23.6. The Hall–Kier alpha value is -0.710. The largest absolute Gasteiger partial charge is 0.379 e. The molecular weight excluding hydrogens is 258 g/mol. The Morgan fingerprint density at radius 1 is 1.53 bits per heavy atom. The number of aliphatic hydroxyl groups is 1. The summed E-state index contributed by atoms with van der Waals surface area (Å²) < 4.78 is 0. The molecule has 0 saturated carbocycles. The van der Waals surface area contributed by atoms with Crippen LogP contribution in [0.4, 0.5) is 0 Å². The average molecular weight is 272 g/mol. The number of halogens is 1. The molecule has 1 saturated heterocycles. The zero-order valence-corrected chi connectivity index (χ0v) is 10.9. The van der Waals surface area contributed by atoms with Crippen molar-refractivity contribution >= 4 is 29.3 Å². The maximum absolute atomic E-state index is 11.8. The van der Waals surface area contributed by atoms with Gasteiger partial charge in [0.05, 0.1) is 0 Å². The van der Waals surface area contributed by atoms with E-state index in [1.807, 2.05) is 18.2 Å². The first-order chi connectivity index (χ1) is 8.12. The van der Waals surface area contributed by atoms with Gasteiger partial charge in [0.15, 0.2) is 5.60 Å². The molecule has 1 atom stereocenters. The van der Waals surface area contributed by atoms with E-state index in [0.717, 1.165) is 11.3 Å². The van der Waals surface area contributed by atoms with Gasteiger partial charge >= 0.3 is 0 Å². The number of benzene rings is 1. The van der Waals surface area contributed by atoms with Gasteiger partial charge < -0.3 is 10.4 Å². The van der Waals surface area contributed by atoms with E-state index in [4.69, 9.17) is 11.6 Å². The van der Waals surface area contributed by atoms with Crippen LogP contribution in [0.25, 0.3) is 0 Å². The lowest BCUT2D eigenvalue weighted by atomic mass is 10.0. The van der Waals surface area contributed by atoms with Crippen LogP contribution in [0.1, 0.15) is 12.0 Å². The molecule has 5 heteroatoms. The summed E-state index contributed by atoms with van der Waals surface area (Å²) in [6.07, 6.45) is 0.520. The zero-order chi connectivity index (χ0) is 12.3. The molecule has 1 heterocycles. The molecule has 0 aromatic heterocycles. The number of hydrogen-bond donors (Lipinski definition) is 2. The lowest BCUT2D eigenvalue weighted by Gasteiger charge is -2.20. The highest BCUT2D eigenvalue weighted by Crippen LogP contribution is 2.28. The fourth-order valence-corrected chi connectivity index (χ4v) is 3.16. The highest BCUT2D eigenvalue weighted by atomic mass is 35.5. The summed E-state index contributed by atoms with van der Waals surface area (Å²) >= 11 is 7.58. The SMILES string of the molecule is O=C(NCc1ccccc1Cl)C1(O)CCSC1. The van der Waals surface area contributed by atoms with Gasteiger partial charge in [-0.3, -0.25) is 4.79 Å². The summed E-state index contributed by atoms with van der Waals surface area (Å²) in [5, 5.41) is 13.4. The van der Waals surface area contributed by atoms with Crippen molar-refractivity contribution in [1.82, 2.24) is 5.32 Å². The van der Waals surface area contributed by atoms with Crippen LogP contribution in [0, 0.1) is 0 Å². The van der Waals surface area contributed by atoms with E-state index in [2.05, 4.69) is 5.32 Å². The number of amides is 1. The van der Waals surface area contributed by atoms with Crippen LogP contribution in [-0.4, -0.2) is 28.1 Å². The van der Waals surface area contributed by atoms with Gasteiger partial charge in [0.2, 0.25) is 0 Å². The summed E-state index contributed by atoms with van der Waals surface area (Å²) in [7, 11) is 0. The standard InChI is InChI=1S/C12H14ClNO2S/c13-10-4-2-1-3-9(10)7-14-11(15)12(16)5-6-17-8-12/h1-4,16H,5-8H2,(H,14,15). The van der Waals surface area contributed by atoms with Gasteiger partial charge in [-0.2, -0.15) is 11.8 Å². The second-order valence-electron chi connectivity index (χ2n) is 4.11. The summed E-state index contributed by atoms with van der Waals surface area (Å²) in [6, 6.07) is 7.35. The summed E-state index contributed by atoms with van der Waals surface area (Å²) in [6.45, 7) is 0.353. The summed E-state index contributed by atoms with van der Waals surface area (Å²) in [5.41, 5.74) is -0.344. The maximum Gasteiger partial charge on any atom is 0.253 e. The fraction of sp³-hybridized carbons (Fsp3) is 0.417. The molecule has 1 aliphatic rings. The molecule has 2 rings (SSSR count). The molecule has 0 spiro atoms. The van der Waals surface area contributed by atoms with E-state index < -0.39 is 5.60 Å². The predicted octanol–water partition coefficient (Wildman–Crippen LogP) is 1.82. The van der Waals surface area contributed by atoms with E-state index in [9.17, 15) is 9.90 Å². The zero-order valence-electron chi connectivity index (χ0n) is 9.28. The Balaban J connectivity index is 1.94. The molecule has 3 nitrogen and oxygen atoms in total. The van der Waals surface area contributed by atoms with Crippen LogP contribution in [0.3, 0.4) is 0 Å². The van der Waals surface area contributed by atoms with E-state index in [0.29, 0.717) is 23.7 Å². The Morgan fingerprint density at radius 2 is 2.29 bits per heavy atom. The third-order valence-corrected chi connectivity index (χ3v) is 4.36. The molecule has 17 heavy (non-hydrogen) atoms. The van der Waals surface area contributed by atoms with Gasteiger partial charge in [0.25, 0.3) is 5.91 Å². The van der Waals surface area contributed by atoms with Gasteiger partial charge in [-0.05, 0) is 23.8 Å². The van der Waals surface area contributed by atoms with Gasteiger partial charge in [0.1, 0.15) is 0 Å².